The highest BCUT2D eigenvalue weighted by atomic mass is 32.1. The Bertz CT molecular complexity index is 878. The van der Waals surface area contributed by atoms with Crippen LogP contribution >= 0.6 is 22.7 Å². The monoisotopic (exact) mass is 359 g/mol. The SMILES string of the molecule is O=C(Nc1ccc(C(=O)Nc2nc(C3CC3)cs2)s1)c1ccco1. The maximum absolute atomic E-state index is 12.3. The highest BCUT2D eigenvalue weighted by Gasteiger charge is 2.26. The zero-order chi connectivity index (χ0) is 16.5. The topological polar surface area (TPSA) is 84.2 Å². The van der Waals surface area contributed by atoms with Crippen LogP contribution in [0.25, 0.3) is 0 Å². The van der Waals surface area contributed by atoms with Gasteiger partial charge in [-0.15, -0.1) is 22.7 Å². The molecule has 3 heterocycles. The molecule has 0 aromatic carbocycles. The van der Waals surface area contributed by atoms with Crippen LogP contribution in [0.1, 0.15) is 44.7 Å². The lowest BCUT2D eigenvalue weighted by Gasteiger charge is -1.99. The van der Waals surface area contributed by atoms with E-state index in [1.165, 1.54) is 41.8 Å². The van der Waals surface area contributed by atoms with Crippen molar-refractivity contribution in [2.24, 2.45) is 0 Å². The normalized spacial score (nSPS) is 13.7. The van der Waals surface area contributed by atoms with E-state index >= 15 is 0 Å². The Morgan fingerprint density at radius 3 is 2.79 bits per heavy atom. The molecule has 0 spiro atoms. The van der Waals surface area contributed by atoms with Gasteiger partial charge in [0.05, 0.1) is 21.8 Å². The predicted octanol–water partition coefficient (Wildman–Crippen LogP) is 4.18. The Balaban J connectivity index is 1.39. The summed E-state index contributed by atoms with van der Waals surface area (Å²) in [4.78, 5) is 29.1. The van der Waals surface area contributed by atoms with Crippen LogP contribution in [0.15, 0.2) is 40.3 Å². The molecule has 1 fully saturated rings. The number of aromatic nitrogens is 1. The summed E-state index contributed by atoms with van der Waals surface area (Å²) in [5.74, 6) is 0.222. The predicted molar refractivity (Wildman–Crippen MR) is 93.0 cm³/mol. The molecule has 0 aliphatic heterocycles. The highest BCUT2D eigenvalue weighted by Crippen LogP contribution is 2.41. The van der Waals surface area contributed by atoms with Crippen molar-refractivity contribution in [1.29, 1.82) is 0 Å². The number of anilines is 2. The molecule has 3 aromatic heterocycles. The second kappa shape index (κ2) is 6.21. The quantitative estimate of drug-likeness (QED) is 0.716. The van der Waals surface area contributed by atoms with Gasteiger partial charge in [0.25, 0.3) is 11.8 Å². The van der Waals surface area contributed by atoms with Gasteiger partial charge >= 0.3 is 0 Å². The van der Waals surface area contributed by atoms with Gasteiger partial charge < -0.3 is 9.73 Å². The molecule has 0 radical (unpaired) electrons. The number of carbonyl (C=O) groups is 2. The molecule has 0 bridgehead atoms. The number of hydrogen-bond donors (Lipinski definition) is 2. The van der Waals surface area contributed by atoms with Crippen LogP contribution in [0.4, 0.5) is 10.1 Å². The fourth-order valence-electron chi connectivity index (χ4n) is 2.18. The molecule has 1 aliphatic rings. The molecule has 0 saturated heterocycles. The number of nitrogens with one attached hydrogen (secondary N) is 2. The molecule has 0 unspecified atom stereocenters. The van der Waals surface area contributed by atoms with Crippen LogP contribution in [0, 0.1) is 0 Å². The highest BCUT2D eigenvalue weighted by molar-refractivity contribution is 7.18. The molecule has 6 nitrogen and oxygen atoms in total. The lowest BCUT2D eigenvalue weighted by atomic mass is 10.3. The van der Waals surface area contributed by atoms with E-state index in [1.807, 2.05) is 5.38 Å². The van der Waals surface area contributed by atoms with Gasteiger partial charge in [0.2, 0.25) is 0 Å². The van der Waals surface area contributed by atoms with Crippen molar-refractivity contribution in [3.05, 3.63) is 52.2 Å². The van der Waals surface area contributed by atoms with Gasteiger partial charge in [0, 0.05) is 11.3 Å². The second-order valence-corrected chi connectivity index (χ2v) is 7.34. The third kappa shape index (κ3) is 3.24. The van der Waals surface area contributed by atoms with E-state index in [4.69, 9.17) is 4.42 Å². The minimum absolute atomic E-state index is 0.227. The van der Waals surface area contributed by atoms with E-state index in [-0.39, 0.29) is 17.6 Å². The summed E-state index contributed by atoms with van der Waals surface area (Å²) in [6.45, 7) is 0. The molecular formula is C16H13N3O3S2. The second-order valence-electron chi connectivity index (χ2n) is 5.40. The van der Waals surface area contributed by atoms with Gasteiger partial charge in [-0.3, -0.25) is 14.9 Å². The molecule has 1 saturated carbocycles. The molecule has 8 heteroatoms. The third-order valence-electron chi connectivity index (χ3n) is 3.55. The smallest absolute Gasteiger partial charge is 0.291 e. The Morgan fingerprint density at radius 1 is 1.17 bits per heavy atom. The third-order valence-corrected chi connectivity index (χ3v) is 5.32. The Morgan fingerprint density at radius 2 is 2.04 bits per heavy atom. The van der Waals surface area contributed by atoms with Gasteiger partial charge in [0.1, 0.15) is 0 Å². The van der Waals surface area contributed by atoms with Crippen molar-refractivity contribution in [3.63, 3.8) is 0 Å². The first-order chi connectivity index (χ1) is 11.7. The maximum Gasteiger partial charge on any atom is 0.291 e. The van der Waals surface area contributed by atoms with E-state index < -0.39 is 0 Å². The van der Waals surface area contributed by atoms with Crippen molar-refractivity contribution in [1.82, 2.24) is 4.98 Å². The van der Waals surface area contributed by atoms with Crippen LogP contribution in [0.5, 0.6) is 0 Å². The van der Waals surface area contributed by atoms with E-state index in [0.29, 0.717) is 20.9 Å². The molecule has 2 amide bonds. The standard InChI is InChI=1S/C16H13N3O3S2/c20-14(11-2-1-7-22-11)18-13-6-5-12(24-13)15(21)19-16-17-10(8-23-16)9-3-4-9/h1-2,5-9H,3-4H2,(H,18,20)(H,17,19,21). The van der Waals surface area contributed by atoms with Crippen molar-refractivity contribution in [3.8, 4) is 0 Å². The fraction of sp³-hybridized carbons (Fsp3) is 0.188. The summed E-state index contributed by atoms with van der Waals surface area (Å²) in [5, 5.41) is 8.69. The van der Waals surface area contributed by atoms with Crippen LogP contribution in [-0.4, -0.2) is 16.8 Å². The molecule has 122 valence electrons. The van der Waals surface area contributed by atoms with Crippen molar-refractivity contribution >= 4 is 44.6 Å². The number of amides is 2. The number of rotatable bonds is 5. The summed E-state index contributed by atoms with van der Waals surface area (Å²) in [6, 6.07) is 6.59. The van der Waals surface area contributed by atoms with E-state index in [0.717, 1.165) is 5.69 Å². The van der Waals surface area contributed by atoms with Gasteiger partial charge in [-0.25, -0.2) is 4.98 Å². The van der Waals surface area contributed by atoms with Crippen LogP contribution in [-0.2, 0) is 0 Å². The van der Waals surface area contributed by atoms with E-state index in [9.17, 15) is 9.59 Å². The minimum atomic E-state index is -0.345. The summed E-state index contributed by atoms with van der Waals surface area (Å²) in [5.41, 5.74) is 1.06. The molecule has 0 atom stereocenters. The number of thiazole rings is 1. The van der Waals surface area contributed by atoms with Gasteiger partial charge in [-0.05, 0) is 37.1 Å². The molecule has 24 heavy (non-hydrogen) atoms. The Labute approximate surface area is 145 Å². The first-order valence-electron chi connectivity index (χ1n) is 7.40. The maximum atomic E-state index is 12.3. The first-order valence-corrected chi connectivity index (χ1v) is 9.10. The number of carbonyl (C=O) groups excluding carboxylic acids is 2. The molecular weight excluding hydrogens is 346 g/mol. The van der Waals surface area contributed by atoms with Crippen LogP contribution in [0.3, 0.4) is 0 Å². The molecule has 2 N–H and O–H groups in total. The van der Waals surface area contributed by atoms with Gasteiger partial charge in [0.15, 0.2) is 10.9 Å². The van der Waals surface area contributed by atoms with E-state index in [2.05, 4.69) is 15.6 Å². The fourth-order valence-corrected chi connectivity index (χ4v) is 3.76. The summed E-state index contributed by atoms with van der Waals surface area (Å²) in [6.07, 6.45) is 3.80. The number of thiophene rings is 1. The Kier molecular flexibility index (Phi) is 3.91. The van der Waals surface area contributed by atoms with Crippen molar-refractivity contribution < 1.29 is 14.0 Å². The van der Waals surface area contributed by atoms with Crippen molar-refractivity contribution in [2.75, 3.05) is 10.6 Å². The largest absolute Gasteiger partial charge is 0.459 e. The zero-order valence-electron chi connectivity index (χ0n) is 12.4. The zero-order valence-corrected chi connectivity index (χ0v) is 14.1. The molecule has 3 aromatic rings. The Hall–Kier alpha value is -2.45. The average Bonchev–Trinajstić information content (AvgIpc) is 3.01. The van der Waals surface area contributed by atoms with E-state index in [1.54, 1.807) is 24.3 Å². The average molecular weight is 359 g/mol. The number of furan rings is 1. The molecule has 1 aliphatic carbocycles. The number of hydrogen-bond acceptors (Lipinski definition) is 6. The van der Waals surface area contributed by atoms with Crippen LogP contribution in [0.2, 0.25) is 0 Å². The minimum Gasteiger partial charge on any atom is -0.459 e. The van der Waals surface area contributed by atoms with Crippen LogP contribution < -0.4 is 10.6 Å². The number of nitrogens with zero attached hydrogens (tertiary/aromatic N) is 1. The molecule has 4 rings (SSSR count). The summed E-state index contributed by atoms with van der Waals surface area (Å²) in [7, 11) is 0. The summed E-state index contributed by atoms with van der Waals surface area (Å²) >= 11 is 2.64. The van der Waals surface area contributed by atoms with Crippen molar-refractivity contribution in [2.45, 2.75) is 18.8 Å². The lowest BCUT2D eigenvalue weighted by Crippen LogP contribution is -2.10. The summed E-state index contributed by atoms with van der Waals surface area (Å²) < 4.78 is 5.03. The lowest BCUT2D eigenvalue weighted by molar-refractivity contribution is 0.0995. The van der Waals surface area contributed by atoms with Gasteiger partial charge in [-0.2, -0.15) is 0 Å². The van der Waals surface area contributed by atoms with Gasteiger partial charge in [-0.1, -0.05) is 0 Å². The first kappa shape index (κ1) is 15.1.